The smallest absolute Gasteiger partial charge is 0.251 e. The summed E-state index contributed by atoms with van der Waals surface area (Å²) in [6, 6.07) is 6.30. The second-order valence-corrected chi connectivity index (χ2v) is 6.13. The molecule has 1 fully saturated rings. The third-order valence-electron chi connectivity index (χ3n) is 2.82. The van der Waals surface area contributed by atoms with Crippen molar-refractivity contribution in [2.45, 2.75) is 38.8 Å². The van der Waals surface area contributed by atoms with E-state index in [1.165, 1.54) is 4.90 Å². The maximum atomic E-state index is 12.3. The standard InChI is InChI=1S/C14H17ClN2O2/c1-14(2,3)16-11-8-12(18)17(13(11)19)10-6-4-5-9(15)7-10/h4-7,11,16H,8H2,1-3H3/t11-/m0/s1. The van der Waals surface area contributed by atoms with Gasteiger partial charge in [0.1, 0.15) is 0 Å². The van der Waals surface area contributed by atoms with Crippen molar-refractivity contribution in [3.05, 3.63) is 29.3 Å². The van der Waals surface area contributed by atoms with Gasteiger partial charge in [-0.15, -0.1) is 0 Å². The highest BCUT2D eigenvalue weighted by Crippen LogP contribution is 2.26. The lowest BCUT2D eigenvalue weighted by Crippen LogP contribution is -2.47. The highest BCUT2D eigenvalue weighted by Gasteiger charge is 2.40. The zero-order valence-corrected chi connectivity index (χ0v) is 12.0. The van der Waals surface area contributed by atoms with Crippen LogP contribution in [0, 0.1) is 0 Å². The number of imide groups is 1. The Labute approximate surface area is 117 Å². The van der Waals surface area contributed by atoms with Crippen LogP contribution in [0.3, 0.4) is 0 Å². The summed E-state index contributed by atoms with van der Waals surface area (Å²) in [5.41, 5.74) is 0.311. The fraction of sp³-hybridized carbons (Fsp3) is 0.429. The van der Waals surface area contributed by atoms with E-state index in [9.17, 15) is 9.59 Å². The lowest BCUT2D eigenvalue weighted by Gasteiger charge is -2.24. The molecule has 1 aliphatic heterocycles. The van der Waals surface area contributed by atoms with Gasteiger partial charge in [-0.3, -0.25) is 9.59 Å². The van der Waals surface area contributed by atoms with Crippen LogP contribution in [0.2, 0.25) is 5.02 Å². The van der Waals surface area contributed by atoms with E-state index in [0.717, 1.165) is 0 Å². The number of carbonyl (C=O) groups is 2. The summed E-state index contributed by atoms with van der Waals surface area (Å²) in [7, 11) is 0. The molecule has 1 aromatic carbocycles. The molecule has 0 saturated carbocycles. The molecule has 0 aromatic heterocycles. The summed E-state index contributed by atoms with van der Waals surface area (Å²) in [4.78, 5) is 25.5. The van der Waals surface area contributed by atoms with Crippen molar-refractivity contribution in [1.29, 1.82) is 0 Å². The van der Waals surface area contributed by atoms with Gasteiger partial charge in [-0.25, -0.2) is 4.90 Å². The number of rotatable bonds is 2. The largest absolute Gasteiger partial charge is 0.301 e. The molecular weight excluding hydrogens is 264 g/mol. The third kappa shape index (κ3) is 3.14. The Morgan fingerprint density at radius 1 is 1.32 bits per heavy atom. The molecule has 102 valence electrons. The minimum Gasteiger partial charge on any atom is -0.301 e. The number of hydrogen-bond acceptors (Lipinski definition) is 3. The van der Waals surface area contributed by atoms with Crippen molar-refractivity contribution >= 4 is 29.1 Å². The molecule has 4 nitrogen and oxygen atoms in total. The molecule has 2 amide bonds. The monoisotopic (exact) mass is 280 g/mol. The van der Waals surface area contributed by atoms with Gasteiger partial charge in [0.2, 0.25) is 5.91 Å². The summed E-state index contributed by atoms with van der Waals surface area (Å²) in [6.45, 7) is 5.90. The molecule has 1 atom stereocenters. The van der Waals surface area contributed by atoms with Gasteiger partial charge in [-0.05, 0) is 39.0 Å². The third-order valence-corrected chi connectivity index (χ3v) is 3.06. The summed E-state index contributed by atoms with van der Waals surface area (Å²) < 4.78 is 0. The molecule has 0 unspecified atom stereocenters. The van der Waals surface area contributed by atoms with E-state index in [2.05, 4.69) is 5.32 Å². The van der Waals surface area contributed by atoms with E-state index in [4.69, 9.17) is 11.6 Å². The fourth-order valence-electron chi connectivity index (χ4n) is 2.15. The Morgan fingerprint density at radius 3 is 2.58 bits per heavy atom. The normalized spacial score (nSPS) is 20.2. The Hall–Kier alpha value is -1.39. The first-order valence-electron chi connectivity index (χ1n) is 6.18. The highest BCUT2D eigenvalue weighted by molar-refractivity contribution is 6.31. The molecule has 0 aliphatic carbocycles. The lowest BCUT2D eigenvalue weighted by atomic mass is 10.1. The Kier molecular flexibility index (Phi) is 3.65. The van der Waals surface area contributed by atoms with Gasteiger partial charge in [0.25, 0.3) is 5.91 Å². The van der Waals surface area contributed by atoms with Gasteiger partial charge in [-0.1, -0.05) is 17.7 Å². The van der Waals surface area contributed by atoms with Crippen LogP contribution in [0.25, 0.3) is 0 Å². The SMILES string of the molecule is CC(C)(C)N[C@H]1CC(=O)N(c2cccc(Cl)c2)C1=O. The molecule has 0 spiro atoms. The Balaban J connectivity index is 2.24. The molecule has 1 saturated heterocycles. The second-order valence-electron chi connectivity index (χ2n) is 5.70. The first-order chi connectivity index (χ1) is 8.78. The lowest BCUT2D eigenvalue weighted by molar-refractivity contribution is -0.121. The van der Waals surface area contributed by atoms with Gasteiger partial charge < -0.3 is 5.32 Å². The van der Waals surface area contributed by atoms with E-state index in [-0.39, 0.29) is 23.8 Å². The number of carbonyl (C=O) groups excluding carboxylic acids is 2. The summed E-state index contributed by atoms with van der Waals surface area (Å²) >= 11 is 5.90. The maximum absolute atomic E-state index is 12.3. The molecule has 1 heterocycles. The number of hydrogen-bond donors (Lipinski definition) is 1. The van der Waals surface area contributed by atoms with Crippen LogP contribution in [0.1, 0.15) is 27.2 Å². The minimum atomic E-state index is -0.466. The topological polar surface area (TPSA) is 49.4 Å². The van der Waals surface area contributed by atoms with E-state index >= 15 is 0 Å². The first kappa shape index (κ1) is 14.0. The molecule has 19 heavy (non-hydrogen) atoms. The number of halogens is 1. The van der Waals surface area contributed by atoms with E-state index in [1.54, 1.807) is 24.3 Å². The van der Waals surface area contributed by atoms with Crippen molar-refractivity contribution in [2.75, 3.05) is 4.90 Å². The van der Waals surface area contributed by atoms with Crippen LogP contribution in [0.5, 0.6) is 0 Å². The van der Waals surface area contributed by atoms with Gasteiger partial charge in [0, 0.05) is 10.6 Å². The molecule has 1 aliphatic rings. The average Bonchev–Trinajstić information content (AvgIpc) is 2.51. The highest BCUT2D eigenvalue weighted by atomic mass is 35.5. The van der Waals surface area contributed by atoms with Crippen molar-refractivity contribution < 1.29 is 9.59 Å². The van der Waals surface area contributed by atoms with Crippen molar-refractivity contribution in [1.82, 2.24) is 5.32 Å². The number of nitrogens with one attached hydrogen (secondary N) is 1. The quantitative estimate of drug-likeness (QED) is 0.846. The van der Waals surface area contributed by atoms with Crippen LogP contribution in [0.15, 0.2) is 24.3 Å². The van der Waals surface area contributed by atoms with Crippen molar-refractivity contribution in [3.63, 3.8) is 0 Å². The number of benzene rings is 1. The second kappa shape index (κ2) is 4.94. The molecule has 0 radical (unpaired) electrons. The summed E-state index contributed by atoms with van der Waals surface area (Å²) in [6.07, 6.45) is 0.183. The predicted octanol–water partition coefficient (Wildman–Crippen LogP) is 2.36. The van der Waals surface area contributed by atoms with Crippen LogP contribution in [0.4, 0.5) is 5.69 Å². The molecule has 5 heteroatoms. The zero-order chi connectivity index (χ0) is 14.2. The van der Waals surface area contributed by atoms with Gasteiger partial charge >= 0.3 is 0 Å². The van der Waals surface area contributed by atoms with E-state index in [1.807, 2.05) is 20.8 Å². The summed E-state index contributed by atoms with van der Waals surface area (Å²) in [5.74, 6) is -0.420. The predicted molar refractivity (Wildman–Crippen MR) is 75.2 cm³/mol. The Morgan fingerprint density at radius 2 is 2.00 bits per heavy atom. The molecule has 1 aromatic rings. The van der Waals surface area contributed by atoms with Crippen molar-refractivity contribution in [3.8, 4) is 0 Å². The molecule has 1 N–H and O–H groups in total. The summed E-state index contributed by atoms with van der Waals surface area (Å²) in [5, 5.41) is 3.67. The molecule has 2 rings (SSSR count). The van der Waals surface area contributed by atoms with Crippen molar-refractivity contribution in [2.24, 2.45) is 0 Å². The molecular formula is C14H17ClN2O2. The van der Waals surface area contributed by atoms with Crippen LogP contribution in [-0.4, -0.2) is 23.4 Å². The molecule has 0 bridgehead atoms. The van der Waals surface area contributed by atoms with Crippen LogP contribution >= 0.6 is 11.6 Å². The van der Waals surface area contributed by atoms with Crippen LogP contribution < -0.4 is 10.2 Å². The minimum absolute atomic E-state index is 0.183. The van der Waals surface area contributed by atoms with Gasteiger partial charge in [0.05, 0.1) is 18.2 Å². The van der Waals surface area contributed by atoms with E-state index < -0.39 is 6.04 Å². The fourth-order valence-corrected chi connectivity index (χ4v) is 2.34. The Bertz CT molecular complexity index is 522. The van der Waals surface area contributed by atoms with E-state index in [0.29, 0.717) is 10.7 Å². The average molecular weight is 281 g/mol. The van der Waals surface area contributed by atoms with Gasteiger partial charge in [0.15, 0.2) is 0 Å². The number of nitrogens with zero attached hydrogens (tertiary/aromatic N) is 1. The number of anilines is 1. The first-order valence-corrected chi connectivity index (χ1v) is 6.56. The van der Waals surface area contributed by atoms with Gasteiger partial charge in [-0.2, -0.15) is 0 Å². The zero-order valence-electron chi connectivity index (χ0n) is 11.2. The van der Waals surface area contributed by atoms with Crippen LogP contribution in [-0.2, 0) is 9.59 Å². The number of amides is 2. The maximum Gasteiger partial charge on any atom is 0.251 e.